The van der Waals surface area contributed by atoms with Gasteiger partial charge >= 0.3 is 0 Å². The van der Waals surface area contributed by atoms with Crippen LogP contribution < -0.4 is 0 Å². The van der Waals surface area contributed by atoms with Crippen molar-refractivity contribution in [1.82, 2.24) is 4.57 Å². The first-order valence-corrected chi connectivity index (χ1v) is 18.7. The molecule has 0 fully saturated rings. The summed E-state index contributed by atoms with van der Waals surface area (Å²) >= 11 is 0. The lowest BCUT2D eigenvalue weighted by atomic mass is 9.82. The molecule has 2 aliphatic rings. The highest BCUT2D eigenvalue weighted by atomic mass is 15.0. The van der Waals surface area contributed by atoms with Crippen LogP contribution in [0, 0.1) is 0 Å². The molecule has 0 amide bonds. The number of fused-ring (bicyclic) bond motifs is 10. The smallest absolute Gasteiger partial charge is 0.0547 e. The summed E-state index contributed by atoms with van der Waals surface area (Å²) in [5.41, 5.74) is 20.8. The van der Waals surface area contributed by atoms with Crippen LogP contribution in [0.5, 0.6) is 0 Å². The Morgan fingerprint density at radius 1 is 0.434 bits per heavy atom. The molecule has 0 N–H and O–H groups in total. The van der Waals surface area contributed by atoms with E-state index in [4.69, 9.17) is 0 Å². The molecule has 2 aliphatic carbocycles. The van der Waals surface area contributed by atoms with E-state index in [2.05, 4.69) is 200 Å². The van der Waals surface area contributed by atoms with Gasteiger partial charge in [0.1, 0.15) is 0 Å². The summed E-state index contributed by atoms with van der Waals surface area (Å²) in [4.78, 5) is 0. The minimum Gasteiger partial charge on any atom is -0.309 e. The maximum Gasteiger partial charge on any atom is 0.0547 e. The number of benzene rings is 8. The molecule has 0 spiro atoms. The van der Waals surface area contributed by atoms with Crippen LogP contribution in [0.3, 0.4) is 0 Å². The second-order valence-corrected chi connectivity index (χ2v) is 15.3. The van der Waals surface area contributed by atoms with Gasteiger partial charge in [0.25, 0.3) is 0 Å². The third-order valence-electron chi connectivity index (χ3n) is 12.1. The van der Waals surface area contributed by atoms with E-state index in [-0.39, 0.29) is 11.3 Å². The Labute approximate surface area is 310 Å². The van der Waals surface area contributed by atoms with Crippen molar-refractivity contribution >= 4 is 21.8 Å². The molecular formula is C52H37N. The Balaban J connectivity index is 1.16. The van der Waals surface area contributed by atoms with Gasteiger partial charge in [-0.2, -0.15) is 0 Å². The SMILES string of the molecule is CC1(C)c2ccccc2-c2c1ccc1c2c2cc(-c3ccc4c(c3)-c3ccccc3C4c3ccccc3)ccc2n1-c1cccc(-c2ccccc2)c1. The summed E-state index contributed by atoms with van der Waals surface area (Å²) < 4.78 is 2.48. The molecule has 53 heavy (non-hydrogen) atoms. The lowest BCUT2D eigenvalue weighted by molar-refractivity contribution is 0.661. The molecule has 9 aromatic rings. The van der Waals surface area contributed by atoms with E-state index >= 15 is 0 Å². The average molecular weight is 676 g/mol. The van der Waals surface area contributed by atoms with E-state index < -0.39 is 0 Å². The molecule has 11 rings (SSSR count). The van der Waals surface area contributed by atoms with Crippen molar-refractivity contribution in [3.63, 3.8) is 0 Å². The van der Waals surface area contributed by atoms with Gasteiger partial charge < -0.3 is 4.57 Å². The van der Waals surface area contributed by atoms with Crippen LogP contribution >= 0.6 is 0 Å². The lowest BCUT2D eigenvalue weighted by Gasteiger charge is -2.21. The number of hydrogen-bond acceptors (Lipinski definition) is 0. The second kappa shape index (κ2) is 11.3. The highest BCUT2D eigenvalue weighted by molar-refractivity contribution is 6.18. The molecule has 250 valence electrons. The van der Waals surface area contributed by atoms with Crippen LogP contribution in [0.1, 0.15) is 47.6 Å². The fraction of sp³-hybridized carbons (Fsp3) is 0.0769. The molecule has 0 bridgehead atoms. The van der Waals surface area contributed by atoms with E-state index in [0.717, 1.165) is 0 Å². The molecular weight excluding hydrogens is 639 g/mol. The van der Waals surface area contributed by atoms with Crippen LogP contribution in [0.15, 0.2) is 182 Å². The van der Waals surface area contributed by atoms with E-state index in [9.17, 15) is 0 Å². The predicted octanol–water partition coefficient (Wildman–Crippen LogP) is 13.6. The van der Waals surface area contributed by atoms with Crippen LogP contribution in [-0.2, 0) is 5.41 Å². The zero-order chi connectivity index (χ0) is 35.3. The summed E-state index contributed by atoms with van der Waals surface area (Å²) in [6.45, 7) is 4.76. The molecule has 1 heteroatoms. The van der Waals surface area contributed by atoms with Gasteiger partial charge in [0.2, 0.25) is 0 Å². The van der Waals surface area contributed by atoms with Crippen molar-refractivity contribution in [1.29, 1.82) is 0 Å². The van der Waals surface area contributed by atoms with Crippen LogP contribution in [0.4, 0.5) is 0 Å². The third-order valence-corrected chi connectivity index (χ3v) is 12.1. The van der Waals surface area contributed by atoms with Crippen LogP contribution in [0.2, 0.25) is 0 Å². The molecule has 0 saturated heterocycles. The Morgan fingerprint density at radius 3 is 1.92 bits per heavy atom. The first-order valence-electron chi connectivity index (χ1n) is 18.7. The highest BCUT2D eigenvalue weighted by Gasteiger charge is 2.37. The largest absolute Gasteiger partial charge is 0.309 e. The number of nitrogens with zero attached hydrogens (tertiary/aromatic N) is 1. The number of rotatable bonds is 4. The third kappa shape index (κ3) is 4.38. The molecule has 0 saturated carbocycles. The van der Waals surface area contributed by atoms with Crippen molar-refractivity contribution in [2.45, 2.75) is 25.2 Å². The molecule has 1 nitrogen and oxygen atoms in total. The Hall–Kier alpha value is -6.44. The zero-order valence-corrected chi connectivity index (χ0v) is 29.8. The summed E-state index contributed by atoms with van der Waals surface area (Å²) in [6, 6.07) is 67.7. The van der Waals surface area contributed by atoms with Gasteiger partial charge in [0, 0.05) is 27.8 Å². The Kier molecular flexibility index (Phi) is 6.43. The van der Waals surface area contributed by atoms with E-state index in [1.54, 1.807) is 0 Å². The first-order chi connectivity index (χ1) is 26.1. The molecule has 0 radical (unpaired) electrons. The molecule has 1 atom stereocenters. The molecule has 1 unspecified atom stereocenters. The monoisotopic (exact) mass is 675 g/mol. The van der Waals surface area contributed by atoms with Crippen molar-refractivity contribution in [2.75, 3.05) is 0 Å². The van der Waals surface area contributed by atoms with Crippen molar-refractivity contribution < 1.29 is 0 Å². The zero-order valence-electron chi connectivity index (χ0n) is 29.8. The Bertz CT molecular complexity index is 2910. The van der Waals surface area contributed by atoms with Crippen molar-refractivity contribution in [3.05, 3.63) is 210 Å². The standard InChI is InChI=1S/C52H37N/c1-52(2)45-23-12-11-22-42(45)50-46(52)27-29-48-51(50)44-32-37(25-28-47(44)53(48)38-19-13-18-35(30-38)33-14-5-3-6-15-33)36-24-26-41-43(31-36)39-20-9-10-21-40(39)49(41)34-16-7-4-8-17-34/h3-32,49H,1-2H3. The van der Waals surface area contributed by atoms with Gasteiger partial charge in [-0.1, -0.05) is 159 Å². The summed E-state index contributed by atoms with van der Waals surface area (Å²) in [5, 5.41) is 2.62. The lowest BCUT2D eigenvalue weighted by Crippen LogP contribution is -2.14. The molecule has 8 aromatic carbocycles. The van der Waals surface area contributed by atoms with Gasteiger partial charge in [0.05, 0.1) is 11.0 Å². The minimum atomic E-state index is -0.0813. The number of hydrogen-bond donors (Lipinski definition) is 0. The summed E-state index contributed by atoms with van der Waals surface area (Å²) in [6.07, 6.45) is 0. The van der Waals surface area contributed by atoms with Crippen molar-refractivity contribution in [2.24, 2.45) is 0 Å². The first kappa shape index (κ1) is 30.2. The number of aromatic nitrogens is 1. The average Bonchev–Trinajstić information content (AvgIpc) is 3.81. The van der Waals surface area contributed by atoms with Crippen molar-refractivity contribution in [3.8, 4) is 50.2 Å². The minimum absolute atomic E-state index is 0.0813. The van der Waals surface area contributed by atoms with Gasteiger partial charge in [0.15, 0.2) is 0 Å². The second-order valence-electron chi connectivity index (χ2n) is 15.3. The van der Waals surface area contributed by atoms with E-state index in [0.29, 0.717) is 0 Å². The fourth-order valence-electron chi connectivity index (χ4n) is 9.60. The van der Waals surface area contributed by atoms with Gasteiger partial charge in [-0.05, 0) is 109 Å². The summed E-state index contributed by atoms with van der Waals surface area (Å²) in [7, 11) is 0. The normalized spacial score (nSPS) is 14.9. The molecule has 1 aromatic heterocycles. The Morgan fingerprint density at radius 2 is 1.08 bits per heavy atom. The summed E-state index contributed by atoms with van der Waals surface area (Å²) in [5.74, 6) is 0.245. The van der Waals surface area contributed by atoms with Crippen LogP contribution in [0.25, 0.3) is 72.0 Å². The highest BCUT2D eigenvalue weighted by Crippen LogP contribution is 2.54. The molecule has 1 heterocycles. The predicted molar refractivity (Wildman–Crippen MR) is 222 cm³/mol. The quantitative estimate of drug-likeness (QED) is 0.175. The van der Waals surface area contributed by atoms with E-state index in [1.807, 2.05) is 0 Å². The maximum absolute atomic E-state index is 2.48. The van der Waals surface area contributed by atoms with Gasteiger partial charge in [-0.15, -0.1) is 0 Å². The van der Waals surface area contributed by atoms with Gasteiger partial charge in [-0.3, -0.25) is 0 Å². The van der Waals surface area contributed by atoms with Crippen LogP contribution in [-0.4, -0.2) is 4.57 Å². The van der Waals surface area contributed by atoms with Gasteiger partial charge in [-0.25, -0.2) is 0 Å². The fourth-order valence-corrected chi connectivity index (χ4v) is 9.60. The maximum atomic E-state index is 2.48. The van der Waals surface area contributed by atoms with E-state index in [1.165, 1.54) is 99.8 Å². The topological polar surface area (TPSA) is 4.93 Å². The molecule has 0 aliphatic heterocycles.